The van der Waals surface area contributed by atoms with Crippen molar-refractivity contribution in [3.8, 4) is 33.4 Å². The Morgan fingerprint density at radius 2 is 0.839 bits per heavy atom. The second kappa shape index (κ2) is 15.0. The maximum Gasteiger partial charge on any atom is 0.301 e. The quantitative estimate of drug-likeness (QED) is 0.143. The second-order valence-electron chi connectivity index (χ2n) is 16.6. The lowest BCUT2D eigenvalue weighted by atomic mass is 9.82. The molecule has 0 saturated carbocycles. The standard InChI is InChI=1S/C57H44N3OP/c1-57(2)53-26-16-15-25-51(53)52-37-36-49(40-54(52)57)58(45-32-27-42(28-33-45)41-17-7-3-8-18-41)46-34-29-43(30-35-46)44-31-38-55-56(39-44)60(48-21-11-5-12-22-48)62(61,50-23-13-6-14-24-50)59(55)47-19-9-4-10-20-47/h3-40H,1-2H3. The summed E-state index contributed by atoms with van der Waals surface area (Å²) >= 11 is 0. The molecular formula is C57H44N3OP. The van der Waals surface area contributed by atoms with E-state index in [9.17, 15) is 0 Å². The second-order valence-corrected chi connectivity index (χ2v) is 19.0. The van der Waals surface area contributed by atoms with Crippen molar-refractivity contribution in [2.45, 2.75) is 19.3 Å². The van der Waals surface area contributed by atoms with Gasteiger partial charge >= 0.3 is 7.44 Å². The van der Waals surface area contributed by atoms with Crippen molar-refractivity contribution in [3.63, 3.8) is 0 Å². The molecule has 62 heavy (non-hydrogen) atoms. The van der Waals surface area contributed by atoms with Gasteiger partial charge in [0.25, 0.3) is 0 Å². The molecule has 2 aliphatic rings. The fourth-order valence-electron chi connectivity index (χ4n) is 9.53. The highest BCUT2D eigenvalue weighted by Crippen LogP contribution is 2.70. The Labute approximate surface area is 364 Å². The van der Waals surface area contributed by atoms with Gasteiger partial charge in [-0.1, -0.05) is 159 Å². The van der Waals surface area contributed by atoms with Crippen LogP contribution in [0.15, 0.2) is 231 Å². The van der Waals surface area contributed by atoms with Crippen LogP contribution in [-0.2, 0) is 9.98 Å². The maximum absolute atomic E-state index is 16.1. The maximum atomic E-state index is 16.1. The van der Waals surface area contributed by atoms with Crippen LogP contribution in [0.3, 0.4) is 0 Å². The van der Waals surface area contributed by atoms with Crippen LogP contribution >= 0.6 is 7.44 Å². The molecule has 1 atom stereocenters. The van der Waals surface area contributed by atoms with Gasteiger partial charge in [-0.15, -0.1) is 0 Å². The molecule has 298 valence electrons. The van der Waals surface area contributed by atoms with Crippen molar-refractivity contribution in [2.24, 2.45) is 0 Å². The fraction of sp³-hybridized carbons (Fsp3) is 0.0526. The fourth-order valence-corrected chi connectivity index (χ4v) is 12.5. The van der Waals surface area contributed by atoms with E-state index in [1.807, 2.05) is 78.9 Å². The zero-order valence-corrected chi connectivity index (χ0v) is 35.5. The molecule has 1 aliphatic carbocycles. The summed E-state index contributed by atoms with van der Waals surface area (Å²) in [4.78, 5) is 2.37. The van der Waals surface area contributed by atoms with Crippen LogP contribution in [0.2, 0.25) is 0 Å². The van der Waals surface area contributed by atoms with Crippen LogP contribution in [0.4, 0.5) is 39.8 Å². The molecule has 0 radical (unpaired) electrons. The number of hydrogen-bond donors (Lipinski definition) is 0. The SMILES string of the molecule is CC1(C)c2ccccc2-c2ccc(N(c3ccc(-c4ccccc4)cc3)c3ccc(-c4ccc5c(c4)N(c4ccccc4)P(=O)(c4ccccc4)N5c4ccccc4)cc3)cc21. The van der Waals surface area contributed by atoms with Gasteiger partial charge in [0.2, 0.25) is 0 Å². The first-order valence-electron chi connectivity index (χ1n) is 21.2. The molecule has 0 fully saturated rings. The highest BCUT2D eigenvalue weighted by Gasteiger charge is 2.49. The van der Waals surface area contributed by atoms with Crippen LogP contribution in [0.1, 0.15) is 25.0 Å². The minimum atomic E-state index is -3.47. The Morgan fingerprint density at radius 3 is 1.45 bits per heavy atom. The monoisotopic (exact) mass is 817 g/mol. The predicted octanol–water partition coefficient (Wildman–Crippen LogP) is 15.6. The van der Waals surface area contributed by atoms with Gasteiger partial charge in [-0.05, 0) is 129 Å². The number of rotatable bonds is 8. The minimum absolute atomic E-state index is 0.129. The van der Waals surface area contributed by atoms with Gasteiger partial charge in [-0.25, -0.2) is 0 Å². The third-order valence-corrected chi connectivity index (χ3v) is 15.5. The van der Waals surface area contributed by atoms with E-state index in [2.05, 4.69) is 180 Å². The van der Waals surface area contributed by atoms with E-state index in [4.69, 9.17) is 0 Å². The van der Waals surface area contributed by atoms with E-state index >= 15 is 4.57 Å². The van der Waals surface area contributed by atoms with Gasteiger partial charge in [0.05, 0.1) is 16.7 Å². The average Bonchev–Trinajstić information content (AvgIpc) is 3.74. The zero-order chi connectivity index (χ0) is 41.8. The van der Waals surface area contributed by atoms with Gasteiger partial charge < -0.3 is 4.90 Å². The first-order chi connectivity index (χ1) is 30.4. The molecule has 0 N–H and O–H groups in total. The van der Waals surface area contributed by atoms with Gasteiger partial charge in [0.1, 0.15) is 0 Å². The molecule has 11 rings (SSSR count). The van der Waals surface area contributed by atoms with Crippen molar-refractivity contribution in [1.29, 1.82) is 0 Å². The molecule has 9 aromatic carbocycles. The summed E-state index contributed by atoms with van der Waals surface area (Å²) in [6, 6.07) is 80.7. The first kappa shape index (κ1) is 37.6. The summed E-state index contributed by atoms with van der Waals surface area (Å²) in [6.07, 6.45) is 0. The third kappa shape index (κ3) is 6.10. The zero-order valence-electron chi connectivity index (χ0n) is 34.6. The smallest absolute Gasteiger partial charge is 0.301 e. The van der Waals surface area contributed by atoms with E-state index < -0.39 is 7.44 Å². The lowest BCUT2D eigenvalue weighted by molar-refractivity contribution is 0.582. The van der Waals surface area contributed by atoms with Gasteiger partial charge in [-0.3, -0.25) is 13.9 Å². The number of benzene rings is 9. The van der Waals surface area contributed by atoms with Crippen LogP contribution in [0.5, 0.6) is 0 Å². The van der Waals surface area contributed by atoms with E-state index in [-0.39, 0.29) is 5.41 Å². The molecule has 0 bridgehead atoms. The van der Waals surface area contributed by atoms with Crippen molar-refractivity contribution < 1.29 is 4.57 Å². The Hall–Kier alpha value is -7.39. The predicted molar refractivity (Wildman–Crippen MR) is 260 cm³/mol. The highest BCUT2D eigenvalue weighted by molar-refractivity contribution is 7.76. The van der Waals surface area contributed by atoms with E-state index in [0.717, 1.165) is 56.2 Å². The molecule has 1 unspecified atom stereocenters. The van der Waals surface area contributed by atoms with E-state index in [0.29, 0.717) is 0 Å². The van der Waals surface area contributed by atoms with Crippen molar-refractivity contribution >= 4 is 52.6 Å². The van der Waals surface area contributed by atoms with Crippen molar-refractivity contribution in [3.05, 3.63) is 242 Å². The normalized spacial score (nSPS) is 15.8. The minimum Gasteiger partial charge on any atom is -0.310 e. The topological polar surface area (TPSA) is 26.8 Å². The molecule has 5 heteroatoms. The summed E-state index contributed by atoms with van der Waals surface area (Å²) in [7, 11) is -3.47. The van der Waals surface area contributed by atoms with E-state index in [1.54, 1.807) is 0 Å². The molecule has 0 aromatic heterocycles. The van der Waals surface area contributed by atoms with Crippen LogP contribution < -0.4 is 19.5 Å². The van der Waals surface area contributed by atoms with Crippen LogP contribution in [-0.4, -0.2) is 0 Å². The number of hydrogen-bond acceptors (Lipinski definition) is 2. The van der Waals surface area contributed by atoms with Gasteiger partial charge in [0.15, 0.2) is 0 Å². The summed E-state index contributed by atoms with van der Waals surface area (Å²) in [5.74, 6) is 0. The summed E-state index contributed by atoms with van der Waals surface area (Å²) < 4.78 is 20.2. The Bertz CT molecular complexity index is 3120. The molecule has 9 aromatic rings. The molecule has 0 saturated heterocycles. The first-order valence-corrected chi connectivity index (χ1v) is 22.8. The van der Waals surface area contributed by atoms with Crippen LogP contribution in [0, 0.1) is 0 Å². The highest BCUT2D eigenvalue weighted by atomic mass is 31.2. The van der Waals surface area contributed by atoms with Crippen LogP contribution in [0.25, 0.3) is 33.4 Å². The summed E-state index contributed by atoms with van der Waals surface area (Å²) in [6.45, 7) is 4.67. The molecule has 0 amide bonds. The summed E-state index contributed by atoms with van der Waals surface area (Å²) in [5, 5.41) is 0.769. The molecule has 0 spiro atoms. The summed E-state index contributed by atoms with van der Waals surface area (Å²) in [5.41, 5.74) is 16.5. The molecule has 1 heterocycles. The third-order valence-electron chi connectivity index (χ3n) is 12.6. The Morgan fingerprint density at radius 1 is 0.387 bits per heavy atom. The molecule has 1 aliphatic heterocycles. The van der Waals surface area contributed by atoms with Crippen molar-refractivity contribution in [1.82, 2.24) is 0 Å². The number of anilines is 7. The molecular weight excluding hydrogens is 774 g/mol. The number of fused-ring (bicyclic) bond motifs is 4. The number of para-hydroxylation sites is 2. The largest absolute Gasteiger partial charge is 0.310 e. The average molecular weight is 818 g/mol. The van der Waals surface area contributed by atoms with Crippen molar-refractivity contribution in [2.75, 3.05) is 14.2 Å². The lowest BCUT2D eigenvalue weighted by Crippen LogP contribution is -2.26. The molecule has 4 nitrogen and oxygen atoms in total. The van der Waals surface area contributed by atoms with Gasteiger partial charge in [0, 0.05) is 33.9 Å². The van der Waals surface area contributed by atoms with Gasteiger partial charge in [-0.2, -0.15) is 0 Å². The number of nitrogens with zero attached hydrogens (tertiary/aromatic N) is 3. The Balaban J connectivity index is 1.02. The lowest BCUT2D eigenvalue weighted by Gasteiger charge is -2.33. The van der Waals surface area contributed by atoms with E-state index in [1.165, 1.54) is 33.4 Å². The Kier molecular flexibility index (Phi) is 9.07.